The Morgan fingerprint density at radius 3 is 2.45 bits per heavy atom. The SMILES string of the molecule is CCc1ccccc1NC(=O)CSCc1ccc(CO)cc1. The number of thioether (sulfide) groups is 1. The van der Waals surface area contributed by atoms with Crippen molar-refractivity contribution in [1.29, 1.82) is 0 Å². The molecule has 116 valence electrons. The lowest BCUT2D eigenvalue weighted by Gasteiger charge is -2.09. The van der Waals surface area contributed by atoms with Crippen LogP contribution in [0.4, 0.5) is 5.69 Å². The third-order valence-corrected chi connectivity index (χ3v) is 4.38. The summed E-state index contributed by atoms with van der Waals surface area (Å²) in [7, 11) is 0. The highest BCUT2D eigenvalue weighted by molar-refractivity contribution is 7.99. The van der Waals surface area contributed by atoms with Gasteiger partial charge in [0.05, 0.1) is 12.4 Å². The van der Waals surface area contributed by atoms with Crippen LogP contribution in [0.1, 0.15) is 23.6 Å². The summed E-state index contributed by atoms with van der Waals surface area (Å²) in [5.74, 6) is 1.24. The predicted octanol–water partition coefficient (Wildman–Crippen LogP) is 3.61. The maximum Gasteiger partial charge on any atom is 0.234 e. The quantitative estimate of drug-likeness (QED) is 0.820. The van der Waals surface area contributed by atoms with Crippen molar-refractivity contribution in [3.05, 3.63) is 65.2 Å². The molecular formula is C18H21NO2S. The second-order valence-electron chi connectivity index (χ2n) is 5.03. The van der Waals surface area contributed by atoms with Gasteiger partial charge in [0, 0.05) is 11.4 Å². The maximum absolute atomic E-state index is 12.0. The van der Waals surface area contributed by atoms with Gasteiger partial charge in [-0.25, -0.2) is 0 Å². The number of aliphatic hydroxyl groups excluding tert-OH is 1. The van der Waals surface area contributed by atoms with Crippen LogP contribution in [0.2, 0.25) is 0 Å². The zero-order chi connectivity index (χ0) is 15.8. The van der Waals surface area contributed by atoms with Crippen molar-refractivity contribution in [1.82, 2.24) is 0 Å². The minimum Gasteiger partial charge on any atom is -0.392 e. The number of para-hydroxylation sites is 1. The van der Waals surface area contributed by atoms with Crippen LogP contribution in [0.15, 0.2) is 48.5 Å². The maximum atomic E-state index is 12.0. The third kappa shape index (κ3) is 4.90. The number of carbonyl (C=O) groups is 1. The number of aliphatic hydroxyl groups is 1. The monoisotopic (exact) mass is 315 g/mol. The molecule has 4 heteroatoms. The lowest BCUT2D eigenvalue weighted by atomic mass is 10.1. The van der Waals surface area contributed by atoms with E-state index in [1.54, 1.807) is 11.8 Å². The Hall–Kier alpha value is -1.78. The van der Waals surface area contributed by atoms with Crippen molar-refractivity contribution in [2.75, 3.05) is 11.1 Å². The first kappa shape index (κ1) is 16.6. The van der Waals surface area contributed by atoms with E-state index in [9.17, 15) is 4.79 Å². The Bertz CT molecular complexity index is 611. The van der Waals surface area contributed by atoms with Crippen LogP contribution in [0.5, 0.6) is 0 Å². The fourth-order valence-electron chi connectivity index (χ4n) is 2.14. The van der Waals surface area contributed by atoms with E-state index in [0.29, 0.717) is 5.75 Å². The molecule has 0 unspecified atom stereocenters. The predicted molar refractivity (Wildman–Crippen MR) is 93.0 cm³/mol. The normalized spacial score (nSPS) is 10.5. The van der Waals surface area contributed by atoms with Gasteiger partial charge in [-0.3, -0.25) is 4.79 Å². The molecule has 1 amide bonds. The molecule has 0 aliphatic rings. The van der Waals surface area contributed by atoms with Crippen LogP contribution < -0.4 is 5.32 Å². The third-order valence-electron chi connectivity index (χ3n) is 3.38. The van der Waals surface area contributed by atoms with Gasteiger partial charge >= 0.3 is 0 Å². The molecule has 0 radical (unpaired) electrons. The molecule has 0 spiro atoms. The molecule has 0 heterocycles. The molecule has 22 heavy (non-hydrogen) atoms. The summed E-state index contributed by atoms with van der Waals surface area (Å²) in [6.45, 7) is 2.14. The number of nitrogens with one attached hydrogen (secondary N) is 1. The summed E-state index contributed by atoms with van der Waals surface area (Å²) in [6, 6.07) is 15.7. The number of carbonyl (C=O) groups excluding carboxylic acids is 1. The number of anilines is 1. The molecular weight excluding hydrogens is 294 g/mol. The van der Waals surface area contributed by atoms with E-state index in [4.69, 9.17) is 5.11 Å². The van der Waals surface area contributed by atoms with Gasteiger partial charge in [-0.1, -0.05) is 49.4 Å². The Morgan fingerprint density at radius 2 is 1.77 bits per heavy atom. The van der Waals surface area contributed by atoms with Gasteiger partial charge in [-0.2, -0.15) is 0 Å². The number of hydrogen-bond acceptors (Lipinski definition) is 3. The zero-order valence-corrected chi connectivity index (χ0v) is 13.5. The van der Waals surface area contributed by atoms with Crippen molar-refractivity contribution in [2.45, 2.75) is 25.7 Å². The molecule has 0 aromatic heterocycles. The minimum absolute atomic E-state index is 0.0258. The molecule has 2 aromatic rings. The Kier molecular flexibility index (Phi) is 6.49. The lowest BCUT2D eigenvalue weighted by Crippen LogP contribution is -2.15. The Labute approximate surface area is 135 Å². The topological polar surface area (TPSA) is 49.3 Å². The van der Waals surface area contributed by atoms with E-state index in [2.05, 4.69) is 12.2 Å². The van der Waals surface area contributed by atoms with Gasteiger partial charge in [0.15, 0.2) is 0 Å². The largest absolute Gasteiger partial charge is 0.392 e. The first-order valence-corrected chi connectivity index (χ1v) is 8.52. The number of rotatable bonds is 7. The first-order valence-electron chi connectivity index (χ1n) is 7.37. The molecule has 0 saturated heterocycles. The Morgan fingerprint density at radius 1 is 1.09 bits per heavy atom. The second kappa shape index (κ2) is 8.61. The van der Waals surface area contributed by atoms with Gasteiger partial charge in [0.1, 0.15) is 0 Å². The molecule has 3 nitrogen and oxygen atoms in total. The van der Waals surface area contributed by atoms with Gasteiger partial charge in [-0.05, 0) is 29.2 Å². The number of amides is 1. The van der Waals surface area contributed by atoms with Crippen molar-refractivity contribution < 1.29 is 9.90 Å². The molecule has 2 rings (SSSR count). The molecule has 0 aliphatic heterocycles. The highest BCUT2D eigenvalue weighted by atomic mass is 32.2. The lowest BCUT2D eigenvalue weighted by molar-refractivity contribution is -0.113. The van der Waals surface area contributed by atoms with E-state index in [-0.39, 0.29) is 12.5 Å². The van der Waals surface area contributed by atoms with Gasteiger partial charge in [0.25, 0.3) is 0 Å². The first-order chi connectivity index (χ1) is 10.7. The van der Waals surface area contributed by atoms with Crippen molar-refractivity contribution in [3.63, 3.8) is 0 Å². The van der Waals surface area contributed by atoms with Gasteiger partial charge in [-0.15, -0.1) is 11.8 Å². The smallest absolute Gasteiger partial charge is 0.234 e. The van der Waals surface area contributed by atoms with Crippen LogP contribution in [0.25, 0.3) is 0 Å². The fraction of sp³-hybridized carbons (Fsp3) is 0.278. The van der Waals surface area contributed by atoms with E-state index in [0.717, 1.165) is 34.6 Å². The van der Waals surface area contributed by atoms with E-state index in [1.807, 2.05) is 48.5 Å². The number of hydrogen-bond donors (Lipinski definition) is 2. The zero-order valence-electron chi connectivity index (χ0n) is 12.7. The van der Waals surface area contributed by atoms with Crippen molar-refractivity contribution in [3.8, 4) is 0 Å². The molecule has 2 aromatic carbocycles. The minimum atomic E-state index is 0.0258. The highest BCUT2D eigenvalue weighted by Crippen LogP contribution is 2.17. The van der Waals surface area contributed by atoms with Gasteiger partial charge in [0.2, 0.25) is 5.91 Å². The summed E-state index contributed by atoms with van der Waals surface area (Å²) in [4.78, 5) is 12.0. The van der Waals surface area contributed by atoms with E-state index in [1.165, 1.54) is 0 Å². The number of aryl methyl sites for hydroxylation is 1. The fourth-order valence-corrected chi connectivity index (χ4v) is 2.93. The summed E-state index contributed by atoms with van der Waals surface area (Å²) in [5.41, 5.74) is 4.12. The molecule has 0 bridgehead atoms. The molecule has 0 saturated carbocycles. The van der Waals surface area contributed by atoms with Crippen molar-refractivity contribution >= 4 is 23.4 Å². The summed E-state index contributed by atoms with van der Waals surface area (Å²) in [6.07, 6.45) is 0.904. The molecule has 0 aliphatic carbocycles. The van der Waals surface area contributed by atoms with Crippen LogP contribution in [0, 0.1) is 0 Å². The van der Waals surface area contributed by atoms with Crippen LogP contribution >= 0.6 is 11.8 Å². The Balaban J connectivity index is 1.80. The van der Waals surface area contributed by atoms with Crippen LogP contribution in [0.3, 0.4) is 0 Å². The average Bonchev–Trinajstić information content (AvgIpc) is 2.56. The van der Waals surface area contributed by atoms with E-state index < -0.39 is 0 Å². The molecule has 0 fully saturated rings. The van der Waals surface area contributed by atoms with E-state index >= 15 is 0 Å². The molecule has 2 N–H and O–H groups in total. The van der Waals surface area contributed by atoms with Crippen LogP contribution in [-0.2, 0) is 23.6 Å². The van der Waals surface area contributed by atoms with Crippen LogP contribution in [-0.4, -0.2) is 16.8 Å². The summed E-state index contributed by atoms with van der Waals surface area (Å²) >= 11 is 1.59. The summed E-state index contributed by atoms with van der Waals surface area (Å²) < 4.78 is 0. The van der Waals surface area contributed by atoms with Gasteiger partial charge < -0.3 is 10.4 Å². The standard InChI is InChI=1S/C18H21NO2S/c1-2-16-5-3-4-6-17(16)19-18(21)13-22-12-15-9-7-14(11-20)8-10-15/h3-10,20H,2,11-13H2,1H3,(H,19,21). The molecule has 0 atom stereocenters. The summed E-state index contributed by atoms with van der Waals surface area (Å²) in [5, 5.41) is 12.0. The average molecular weight is 315 g/mol. The second-order valence-corrected chi connectivity index (χ2v) is 6.01. The number of benzene rings is 2. The van der Waals surface area contributed by atoms with Crippen molar-refractivity contribution in [2.24, 2.45) is 0 Å². The highest BCUT2D eigenvalue weighted by Gasteiger charge is 2.06.